The first-order chi connectivity index (χ1) is 7.47. The van der Waals surface area contributed by atoms with Crippen molar-refractivity contribution in [1.29, 1.82) is 0 Å². The first-order valence-corrected chi connectivity index (χ1v) is 5.96. The van der Waals surface area contributed by atoms with E-state index in [4.69, 9.17) is 0 Å². The molecule has 1 aliphatic rings. The minimum atomic E-state index is -0.0727. The molecule has 0 aliphatic carbocycles. The highest BCUT2D eigenvalue weighted by Gasteiger charge is 2.24. The number of rotatable bonds is 1. The summed E-state index contributed by atoms with van der Waals surface area (Å²) in [4.78, 5) is 4.07. The van der Waals surface area contributed by atoms with Crippen LogP contribution in [0.25, 0.3) is 0 Å². The van der Waals surface area contributed by atoms with Crippen LogP contribution in [0.2, 0.25) is 0 Å². The minimum absolute atomic E-state index is 0.0727. The van der Waals surface area contributed by atoms with Crippen LogP contribution in [0.4, 0.5) is 0 Å². The van der Waals surface area contributed by atoms with Gasteiger partial charge >= 0.3 is 0 Å². The fraction of sp³-hybridized carbons (Fsp3) is 0.909. The molecule has 1 aliphatic heterocycles. The molecule has 2 heterocycles. The molecule has 0 unspecified atom stereocenters. The van der Waals surface area contributed by atoms with Gasteiger partial charge in [-0.2, -0.15) is 4.80 Å². The molecular formula is C11H21N5. The van der Waals surface area contributed by atoms with Gasteiger partial charge in [-0.3, -0.25) is 0 Å². The Morgan fingerprint density at radius 2 is 1.81 bits per heavy atom. The molecular weight excluding hydrogens is 202 g/mol. The zero-order chi connectivity index (χ0) is 11.8. The number of likely N-dealkylation sites (tertiary alicyclic amines) is 1. The second kappa shape index (κ2) is 4.13. The summed E-state index contributed by atoms with van der Waals surface area (Å²) in [5.41, 5.74) is -0.0727. The zero-order valence-electron chi connectivity index (χ0n) is 10.6. The maximum atomic E-state index is 4.51. The van der Waals surface area contributed by atoms with Crippen molar-refractivity contribution in [3.05, 3.63) is 5.82 Å². The van der Waals surface area contributed by atoms with Gasteiger partial charge in [0, 0.05) is 5.92 Å². The van der Waals surface area contributed by atoms with Crippen molar-refractivity contribution in [3.63, 3.8) is 0 Å². The highest BCUT2D eigenvalue weighted by atomic mass is 15.6. The molecule has 5 nitrogen and oxygen atoms in total. The van der Waals surface area contributed by atoms with Crippen LogP contribution >= 0.6 is 0 Å². The Labute approximate surface area is 96.8 Å². The molecule has 0 spiro atoms. The molecule has 0 bridgehead atoms. The molecule has 16 heavy (non-hydrogen) atoms. The highest BCUT2D eigenvalue weighted by Crippen LogP contribution is 2.24. The molecule has 2 rings (SSSR count). The van der Waals surface area contributed by atoms with Gasteiger partial charge < -0.3 is 4.90 Å². The Morgan fingerprint density at radius 3 is 2.31 bits per heavy atom. The van der Waals surface area contributed by atoms with Gasteiger partial charge in [0.15, 0.2) is 5.82 Å². The van der Waals surface area contributed by atoms with Crippen molar-refractivity contribution in [2.45, 2.75) is 45.1 Å². The molecule has 1 aromatic heterocycles. The quantitative estimate of drug-likeness (QED) is 0.718. The predicted octanol–water partition coefficient (Wildman–Crippen LogP) is 1.24. The fourth-order valence-corrected chi connectivity index (χ4v) is 1.94. The normalized spacial score (nSPS) is 20.2. The molecule has 1 aromatic rings. The average molecular weight is 223 g/mol. The Kier molecular flexibility index (Phi) is 2.97. The molecule has 0 N–H and O–H groups in total. The number of hydrogen-bond acceptors (Lipinski definition) is 4. The smallest absolute Gasteiger partial charge is 0.177 e. The monoisotopic (exact) mass is 223 g/mol. The second-order valence-electron chi connectivity index (χ2n) is 5.69. The van der Waals surface area contributed by atoms with Gasteiger partial charge in [-0.1, -0.05) is 0 Å². The van der Waals surface area contributed by atoms with Gasteiger partial charge in [-0.15, -0.1) is 10.2 Å². The average Bonchev–Trinajstić information content (AvgIpc) is 2.67. The van der Waals surface area contributed by atoms with Crippen LogP contribution in [-0.4, -0.2) is 45.2 Å². The van der Waals surface area contributed by atoms with Crippen LogP contribution in [0.5, 0.6) is 0 Å². The number of tetrazole rings is 1. The summed E-state index contributed by atoms with van der Waals surface area (Å²) in [7, 11) is 2.16. The summed E-state index contributed by atoms with van der Waals surface area (Å²) in [5, 5.41) is 12.8. The van der Waals surface area contributed by atoms with E-state index in [1.807, 2.05) is 0 Å². The predicted molar refractivity (Wildman–Crippen MR) is 62.3 cm³/mol. The molecule has 90 valence electrons. The van der Waals surface area contributed by atoms with Crippen molar-refractivity contribution in [1.82, 2.24) is 25.1 Å². The highest BCUT2D eigenvalue weighted by molar-refractivity contribution is 4.94. The Morgan fingerprint density at radius 1 is 1.19 bits per heavy atom. The summed E-state index contributed by atoms with van der Waals surface area (Å²) in [5.74, 6) is 1.41. The molecule has 5 heteroatoms. The van der Waals surface area contributed by atoms with Gasteiger partial charge in [0.1, 0.15) is 0 Å². The molecule has 0 saturated carbocycles. The van der Waals surface area contributed by atoms with Crippen LogP contribution in [-0.2, 0) is 5.54 Å². The SMILES string of the molecule is CN1CCC(c2nnn(C(C)(C)C)n2)CC1. The number of piperidine rings is 1. The van der Waals surface area contributed by atoms with E-state index in [2.05, 4.69) is 48.1 Å². The number of hydrogen-bond donors (Lipinski definition) is 0. The van der Waals surface area contributed by atoms with Gasteiger partial charge in [-0.25, -0.2) is 0 Å². The first-order valence-electron chi connectivity index (χ1n) is 5.96. The van der Waals surface area contributed by atoms with Crippen molar-refractivity contribution < 1.29 is 0 Å². The summed E-state index contributed by atoms with van der Waals surface area (Å²) >= 11 is 0. The van der Waals surface area contributed by atoms with Gasteiger partial charge in [0.25, 0.3) is 0 Å². The molecule has 0 aromatic carbocycles. The van der Waals surface area contributed by atoms with Gasteiger partial charge in [0.05, 0.1) is 5.54 Å². The largest absolute Gasteiger partial charge is 0.306 e. The molecule has 0 atom stereocenters. The summed E-state index contributed by atoms with van der Waals surface area (Å²) in [6, 6.07) is 0. The van der Waals surface area contributed by atoms with Crippen LogP contribution < -0.4 is 0 Å². The lowest BCUT2D eigenvalue weighted by molar-refractivity contribution is 0.249. The summed E-state index contributed by atoms with van der Waals surface area (Å²) in [6.07, 6.45) is 2.29. The van der Waals surface area contributed by atoms with Crippen LogP contribution in [0, 0.1) is 0 Å². The zero-order valence-corrected chi connectivity index (χ0v) is 10.6. The second-order valence-corrected chi connectivity index (χ2v) is 5.69. The van der Waals surface area contributed by atoms with Crippen LogP contribution in [0.3, 0.4) is 0 Å². The van der Waals surface area contributed by atoms with E-state index in [0.29, 0.717) is 5.92 Å². The fourth-order valence-electron chi connectivity index (χ4n) is 1.94. The third kappa shape index (κ3) is 2.40. The van der Waals surface area contributed by atoms with Crippen LogP contribution in [0.1, 0.15) is 45.4 Å². The minimum Gasteiger partial charge on any atom is -0.306 e. The van der Waals surface area contributed by atoms with Gasteiger partial charge in [-0.05, 0) is 59.0 Å². The van der Waals surface area contributed by atoms with E-state index in [1.165, 1.54) is 0 Å². The van der Waals surface area contributed by atoms with E-state index in [-0.39, 0.29) is 5.54 Å². The number of aromatic nitrogens is 4. The van der Waals surface area contributed by atoms with E-state index in [9.17, 15) is 0 Å². The van der Waals surface area contributed by atoms with Gasteiger partial charge in [0.2, 0.25) is 0 Å². The van der Waals surface area contributed by atoms with E-state index in [0.717, 1.165) is 31.8 Å². The first kappa shape index (κ1) is 11.5. The Bertz CT molecular complexity index is 344. The molecule has 0 amide bonds. The Balaban J connectivity index is 2.08. The van der Waals surface area contributed by atoms with Crippen molar-refractivity contribution in [2.75, 3.05) is 20.1 Å². The third-order valence-corrected chi connectivity index (χ3v) is 3.11. The molecule has 1 fully saturated rings. The van der Waals surface area contributed by atoms with Crippen molar-refractivity contribution >= 4 is 0 Å². The Hall–Kier alpha value is -0.970. The number of nitrogens with zero attached hydrogens (tertiary/aromatic N) is 5. The molecule has 1 saturated heterocycles. The maximum absolute atomic E-state index is 4.51. The van der Waals surface area contributed by atoms with Crippen molar-refractivity contribution in [2.24, 2.45) is 0 Å². The van der Waals surface area contributed by atoms with Crippen molar-refractivity contribution in [3.8, 4) is 0 Å². The summed E-state index contributed by atoms with van der Waals surface area (Å²) < 4.78 is 0. The molecule has 0 radical (unpaired) electrons. The lowest BCUT2D eigenvalue weighted by Gasteiger charge is -2.26. The standard InChI is InChI=1S/C11H21N5/c1-11(2,3)16-13-10(12-14-16)9-5-7-15(4)8-6-9/h9H,5-8H2,1-4H3. The van der Waals surface area contributed by atoms with Crippen LogP contribution in [0.15, 0.2) is 0 Å². The topological polar surface area (TPSA) is 46.8 Å². The lowest BCUT2D eigenvalue weighted by Crippen LogP contribution is -2.30. The maximum Gasteiger partial charge on any atom is 0.177 e. The van der Waals surface area contributed by atoms with E-state index < -0.39 is 0 Å². The third-order valence-electron chi connectivity index (χ3n) is 3.11. The van der Waals surface area contributed by atoms with E-state index in [1.54, 1.807) is 4.80 Å². The summed E-state index contributed by atoms with van der Waals surface area (Å²) in [6.45, 7) is 8.54. The van der Waals surface area contributed by atoms with E-state index >= 15 is 0 Å². The lowest BCUT2D eigenvalue weighted by atomic mass is 9.97.